The first-order chi connectivity index (χ1) is 12.0. The van der Waals surface area contributed by atoms with Gasteiger partial charge in [-0.2, -0.15) is 0 Å². The molecule has 1 rings (SSSR count). The highest BCUT2D eigenvalue weighted by atomic mass is 16.6. The van der Waals surface area contributed by atoms with Crippen LogP contribution >= 0.6 is 0 Å². The van der Waals surface area contributed by atoms with Gasteiger partial charge in [-0.1, -0.05) is 6.58 Å². The molecule has 0 aromatic heterocycles. The van der Waals surface area contributed by atoms with Gasteiger partial charge in [0, 0.05) is 45.3 Å². The Morgan fingerprint density at radius 2 is 1.36 bits per heavy atom. The highest BCUT2D eigenvalue weighted by Gasteiger charge is 2.18. The molecule has 1 fully saturated rings. The van der Waals surface area contributed by atoms with Gasteiger partial charge in [0.05, 0.1) is 19.4 Å². The molecule has 0 aromatic rings. The van der Waals surface area contributed by atoms with E-state index in [9.17, 15) is 14.4 Å². The van der Waals surface area contributed by atoms with Gasteiger partial charge in [0.25, 0.3) is 0 Å². The molecule has 25 heavy (non-hydrogen) atoms. The minimum absolute atomic E-state index is 0.0374. The molecular formula is C17H28N2O6. The van der Waals surface area contributed by atoms with Crippen LogP contribution in [-0.2, 0) is 28.6 Å². The summed E-state index contributed by atoms with van der Waals surface area (Å²) in [7, 11) is 0. The third kappa shape index (κ3) is 9.83. The van der Waals surface area contributed by atoms with E-state index < -0.39 is 5.97 Å². The monoisotopic (exact) mass is 356 g/mol. The highest BCUT2D eigenvalue weighted by Crippen LogP contribution is 2.04. The summed E-state index contributed by atoms with van der Waals surface area (Å²) < 4.78 is 14.6. The second kappa shape index (κ2) is 12.4. The molecule has 0 atom stereocenters. The molecule has 0 saturated carbocycles. The van der Waals surface area contributed by atoms with E-state index in [4.69, 9.17) is 14.2 Å². The zero-order valence-electron chi connectivity index (χ0n) is 14.9. The zero-order chi connectivity index (χ0) is 18.5. The molecule has 0 radical (unpaired) electrons. The van der Waals surface area contributed by atoms with Crippen molar-refractivity contribution in [2.75, 3.05) is 59.1 Å². The van der Waals surface area contributed by atoms with Gasteiger partial charge in [0.2, 0.25) is 0 Å². The van der Waals surface area contributed by atoms with Gasteiger partial charge >= 0.3 is 17.9 Å². The summed E-state index contributed by atoms with van der Waals surface area (Å²) in [6.45, 7) is 10.4. The van der Waals surface area contributed by atoms with Crippen LogP contribution in [-0.4, -0.2) is 86.8 Å². The average molecular weight is 356 g/mol. The number of nitrogens with zero attached hydrogens (tertiary/aromatic N) is 2. The molecule has 0 unspecified atom stereocenters. The van der Waals surface area contributed by atoms with Gasteiger partial charge in [0.15, 0.2) is 0 Å². The van der Waals surface area contributed by atoms with Crippen LogP contribution in [0.1, 0.15) is 19.8 Å². The van der Waals surface area contributed by atoms with Crippen molar-refractivity contribution in [3.05, 3.63) is 12.7 Å². The number of piperazine rings is 1. The van der Waals surface area contributed by atoms with Crippen molar-refractivity contribution >= 4 is 17.9 Å². The second-order valence-corrected chi connectivity index (χ2v) is 5.58. The SMILES string of the molecule is C=CC(=O)OCCOC(=O)CCN1CCN(CCC(=O)OCC)CC1. The fourth-order valence-corrected chi connectivity index (χ4v) is 2.40. The maximum absolute atomic E-state index is 11.6. The van der Waals surface area contributed by atoms with E-state index in [1.165, 1.54) is 0 Å². The van der Waals surface area contributed by atoms with Crippen LogP contribution in [0, 0.1) is 0 Å². The molecule has 1 saturated heterocycles. The third-order valence-electron chi connectivity index (χ3n) is 3.79. The standard InChI is InChI=1S/C17H28N2O6/c1-3-15(20)24-13-14-25-17(22)6-8-19-11-9-18(10-12-19)7-5-16(21)23-4-2/h3H,1,4-14H2,2H3. The van der Waals surface area contributed by atoms with Crippen LogP contribution in [0.5, 0.6) is 0 Å². The molecule has 0 aliphatic carbocycles. The Kier molecular flexibility index (Phi) is 10.5. The van der Waals surface area contributed by atoms with Gasteiger partial charge in [-0.25, -0.2) is 4.79 Å². The van der Waals surface area contributed by atoms with E-state index in [0.717, 1.165) is 32.3 Å². The fraction of sp³-hybridized carbons (Fsp3) is 0.706. The van der Waals surface area contributed by atoms with E-state index in [1.807, 2.05) is 0 Å². The molecule has 0 N–H and O–H groups in total. The van der Waals surface area contributed by atoms with Crippen LogP contribution in [0.25, 0.3) is 0 Å². The van der Waals surface area contributed by atoms with E-state index in [0.29, 0.717) is 32.5 Å². The minimum atomic E-state index is -0.531. The molecule has 0 spiro atoms. The number of hydrogen-bond donors (Lipinski definition) is 0. The average Bonchev–Trinajstić information content (AvgIpc) is 2.62. The molecule has 1 aliphatic heterocycles. The van der Waals surface area contributed by atoms with Crippen LogP contribution in [0.3, 0.4) is 0 Å². The van der Waals surface area contributed by atoms with Crippen molar-refractivity contribution in [3.8, 4) is 0 Å². The van der Waals surface area contributed by atoms with Gasteiger partial charge in [-0.05, 0) is 6.92 Å². The van der Waals surface area contributed by atoms with Gasteiger partial charge < -0.3 is 24.0 Å². The fourth-order valence-electron chi connectivity index (χ4n) is 2.40. The molecule has 0 bridgehead atoms. The smallest absolute Gasteiger partial charge is 0.330 e. The number of carbonyl (C=O) groups excluding carboxylic acids is 3. The van der Waals surface area contributed by atoms with Crippen molar-refractivity contribution in [3.63, 3.8) is 0 Å². The Balaban J connectivity index is 2.06. The van der Waals surface area contributed by atoms with Gasteiger partial charge in [0.1, 0.15) is 13.2 Å². The second-order valence-electron chi connectivity index (χ2n) is 5.58. The Morgan fingerprint density at radius 1 is 0.880 bits per heavy atom. The van der Waals surface area contributed by atoms with E-state index in [1.54, 1.807) is 6.92 Å². The topological polar surface area (TPSA) is 85.4 Å². The Bertz CT molecular complexity index is 446. The number of esters is 3. The Labute approximate surface area is 148 Å². The summed E-state index contributed by atoms with van der Waals surface area (Å²) >= 11 is 0. The third-order valence-corrected chi connectivity index (χ3v) is 3.79. The lowest BCUT2D eigenvalue weighted by atomic mass is 10.2. The van der Waals surface area contributed by atoms with Crippen molar-refractivity contribution in [2.24, 2.45) is 0 Å². The van der Waals surface area contributed by atoms with E-state index in [-0.39, 0.29) is 25.2 Å². The van der Waals surface area contributed by atoms with E-state index in [2.05, 4.69) is 16.4 Å². The normalized spacial score (nSPS) is 15.4. The lowest BCUT2D eigenvalue weighted by Gasteiger charge is -2.34. The number of rotatable bonds is 11. The lowest BCUT2D eigenvalue weighted by Crippen LogP contribution is -2.47. The maximum Gasteiger partial charge on any atom is 0.330 e. The first-order valence-corrected chi connectivity index (χ1v) is 8.60. The first kappa shape index (κ1) is 21.1. The quantitative estimate of drug-likeness (QED) is 0.225. The van der Waals surface area contributed by atoms with Crippen LogP contribution < -0.4 is 0 Å². The molecule has 142 valence electrons. The summed E-state index contributed by atoms with van der Waals surface area (Å²) in [5.41, 5.74) is 0. The van der Waals surface area contributed by atoms with Crippen molar-refractivity contribution < 1.29 is 28.6 Å². The maximum atomic E-state index is 11.6. The van der Waals surface area contributed by atoms with Crippen LogP contribution in [0.2, 0.25) is 0 Å². The number of hydrogen-bond acceptors (Lipinski definition) is 8. The summed E-state index contributed by atoms with van der Waals surface area (Å²) in [5, 5.41) is 0. The molecule has 8 heteroatoms. The minimum Gasteiger partial charge on any atom is -0.466 e. The molecule has 1 aliphatic rings. The van der Waals surface area contributed by atoms with Crippen molar-refractivity contribution in [1.82, 2.24) is 9.80 Å². The summed E-state index contributed by atoms with van der Waals surface area (Å²) in [6, 6.07) is 0. The molecule has 1 heterocycles. The largest absolute Gasteiger partial charge is 0.466 e. The number of carbonyl (C=O) groups is 3. The molecule has 8 nitrogen and oxygen atoms in total. The van der Waals surface area contributed by atoms with Crippen LogP contribution in [0.4, 0.5) is 0 Å². The number of ether oxygens (including phenoxy) is 3. The summed E-state index contributed by atoms with van der Waals surface area (Å²) in [4.78, 5) is 38.2. The highest BCUT2D eigenvalue weighted by molar-refractivity contribution is 5.81. The zero-order valence-corrected chi connectivity index (χ0v) is 14.9. The van der Waals surface area contributed by atoms with Crippen molar-refractivity contribution in [2.45, 2.75) is 19.8 Å². The summed E-state index contributed by atoms with van der Waals surface area (Å²) in [6.07, 6.45) is 1.78. The first-order valence-electron chi connectivity index (χ1n) is 8.60. The molecule has 0 amide bonds. The molecule has 0 aromatic carbocycles. The predicted molar refractivity (Wildman–Crippen MR) is 90.9 cm³/mol. The predicted octanol–water partition coefficient (Wildman–Crippen LogP) is 0.220. The summed E-state index contributed by atoms with van der Waals surface area (Å²) in [5.74, 6) is -0.997. The van der Waals surface area contributed by atoms with Gasteiger partial charge in [-0.3, -0.25) is 9.59 Å². The Hall–Kier alpha value is -1.93. The van der Waals surface area contributed by atoms with Crippen molar-refractivity contribution in [1.29, 1.82) is 0 Å². The lowest BCUT2D eigenvalue weighted by molar-refractivity contribution is -0.150. The van der Waals surface area contributed by atoms with E-state index >= 15 is 0 Å². The molecular weight excluding hydrogens is 328 g/mol. The van der Waals surface area contributed by atoms with Crippen LogP contribution in [0.15, 0.2) is 12.7 Å². The van der Waals surface area contributed by atoms with Gasteiger partial charge in [-0.15, -0.1) is 0 Å². The Morgan fingerprint density at radius 3 is 1.84 bits per heavy atom.